The number of benzene rings is 1. The Labute approximate surface area is 170 Å². The molecule has 0 radical (unpaired) electrons. The van der Waals surface area contributed by atoms with Gasteiger partial charge in [0, 0.05) is 31.3 Å². The molecule has 1 aromatic carbocycles. The Hall–Kier alpha value is -2.29. The van der Waals surface area contributed by atoms with E-state index in [9.17, 15) is 0 Å². The molecule has 7 heteroatoms. The van der Waals surface area contributed by atoms with Gasteiger partial charge in [0.1, 0.15) is 5.76 Å². The van der Waals surface area contributed by atoms with Gasteiger partial charge in [-0.3, -0.25) is 0 Å². The van der Waals surface area contributed by atoms with Crippen molar-refractivity contribution in [2.75, 3.05) is 13.1 Å². The Kier molecular flexibility index (Phi) is 8.20. The van der Waals surface area contributed by atoms with Gasteiger partial charge in [-0.1, -0.05) is 18.2 Å². The summed E-state index contributed by atoms with van der Waals surface area (Å²) >= 11 is 0. The number of para-hydroxylation sites is 1. The minimum atomic E-state index is 0. The van der Waals surface area contributed by atoms with E-state index in [-0.39, 0.29) is 24.0 Å². The Balaban J connectivity index is 0.00000243. The van der Waals surface area contributed by atoms with E-state index >= 15 is 0 Å². The number of hydrogen-bond donors (Lipinski definition) is 2. The maximum Gasteiger partial charge on any atom is 0.191 e. The molecule has 0 fully saturated rings. The Morgan fingerprint density at radius 2 is 2.00 bits per heavy atom. The summed E-state index contributed by atoms with van der Waals surface area (Å²) in [5, 5.41) is 11.0. The largest absolute Gasteiger partial charge is 0.469 e. The lowest BCUT2D eigenvalue weighted by atomic mass is 10.3. The first-order chi connectivity index (χ1) is 12.3. The molecule has 0 aliphatic heterocycles. The fourth-order valence-electron chi connectivity index (χ4n) is 2.43. The summed E-state index contributed by atoms with van der Waals surface area (Å²) in [6.07, 6.45) is 6.37. The average Bonchev–Trinajstić information content (AvgIpc) is 3.32. The van der Waals surface area contributed by atoms with E-state index in [0.29, 0.717) is 6.54 Å². The highest BCUT2D eigenvalue weighted by Gasteiger charge is 2.02. The van der Waals surface area contributed by atoms with Crippen molar-refractivity contribution in [3.8, 4) is 5.69 Å². The molecule has 138 valence electrons. The van der Waals surface area contributed by atoms with Crippen LogP contribution in [0.3, 0.4) is 0 Å². The summed E-state index contributed by atoms with van der Waals surface area (Å²) in [7, 11) is 0. The van der Waals surface area contributed by atoms with Gasteiger partial charge in [0.25, 0.3) is 0 Å². The predicted molar refractivity (Wildman–Crippen MR) is 114 cm³/mol. The lowest BCUT2D eigenvalue weighted by Gasteiger charge is -2.10. The smallest absolute Gasteiger partial charge is 0.191 e. The lowest BCUT2D eigenvalue weighted by Crippen LogP contribution is -2.38. The third kappa shape index (κ3) is 5.91. The van der Waals surface area contributed by atoms with Crippen molar-refractivity contribution in [1.29, 1.82) is 0 Å². The van der Waals surface area contributed by atoms with Crippen LogP contribution in [0.5, 0.6) is 0 Å². The molecule has 2 heterocycles. The lowest BCUT2D eigenvalue weighted by molar-refractivity contribution is 0.507. The molecule has 0 bridgehead atoms. The van der Waals surface area contributed by atoms with E-state index in [2.05, 4.69) is 27.6 Å². The molecule has 0 saturated heterocycles. The predicted octanol–water partition coefficient (Wildman–Crippen LogP) is 3.38. The molecular formula is C19H24IN5O. The third-order valence-corrected chi connectivity index (χ3v) is 3.66. The van der Waals surface area contributed by atoms with Crippen molar-refractivity contribution in [2.24, 2.45) is 4.99 Å². The van der Waals surface area contributed by atoms with Gasteiger partial charge in [0.2, 0.25) is 0 Å². The van der Waals surface area contributed by atoms with Crippen LogP contribution in [-0.2, 0) is 13.0 Å². The van der Waals surface area contributed by atoms with Crippen LogP contribution in [0.2, 0.25) is 0 Å². The van der Waals surface area contributed by atoms with Gasteiger partial charge in [-0.05, 0) is 31.2 Å². The zero-order chi connectivity index (χ0) is 17.3. The van der Waals surface area contributed by atoms with Gasteiger partial charge in [0.05, 0.1) is 24.7 Å². The van der Waals surface area contributed by atoms with E-state index in [1.54, 1.807) is 6.26 Å². The number of rotatable bonds is 7. The second-order valence-corrected chi connectivity index (χ2v) is 5.58. The first-order valence-electron chi connectivity index (χ1n) is 8.48. The van der Waals surface area contributed by atoms with Crippen LogP contribution in [0.4, 0.5) is 0 Å². The molecule has 0 aliphatic carbocycles. The average molecular weight is 465 g/mol. The van der Waals surface area contributed by atoms with Gasteiger partial charge in [-0.15, -0.1) is 24.0 Å². The van der Waals surface area contributed by atoms with E-state index in [1.165, 1.54) is 0 Å². The van der Waals surface area contributed by atoms with Crippen molar-refractivity contribution >= 4 is 29.9 Å². The van der Waals surface area contributed by atoms with Crippen molar-refractivity contribution in [3.05, 3.63) is 72.4 Å². The topological polar surface area (TPSA) is 67.4 Å². The van der Waals surface area contributed by atoms with Crippen molar-refractivity contribution in [3.63, 3.8) is 0 Å². The molecule has 0 amide bonds. The van der Waals surface area contributed by atoms with E-state index in [0.717, 1.165) is 42.5 Å². The van der Waals surface area contributed by atoms with Gasteiger partial charge >= 0.3 is 0 Å². The minimum absolute atomic E-state index is 0. The number of hydrogen-bond acceptors (Lipinski definition) is 3. The summed E-state index contributed by atoms with van der Waals surface area (Å²) in [6.45, 7) is 4.21. The summed E-state index contributed by atoms with van der Waals surface area (Å²) in [5.41, 5.74) is 2.10. The van der Waals surface area contributed by atoms with E-state index in [4.69, 9.17) is 4.42 Å². The van der Waals surface area contributed by atoms with Crippen LogP contribution in [0.1, 0.15) is 18.2 Å². The summed E-state index contributed by atoms with van der Waals surface area (Å²) < 4.78 is 7.20. The molecule has 6 nitrogen and oxygen atoms in total. The van der Waals surface area contributed by atoms with Crippen LogP contribution >= 0.6 is 24.0 Å². The number of halogens is 1. The first-order valence-corrected chi connectivity index (χ1v) is 8.48. The van der Waals surface area contributed by atoms with E-state index < -0.39 is 0 Å². The highest BCUT2D eigenvalue weighted by Crippen LogP contribution is 2.08. The molecule has 2 aromatic heterocycles. The van der Waals surface area contributed by atoms with Crippen molar-refractivity contribution in [1.82, 2.24) is 20.4 Å². The van der Waals surface area contributed by atoms with Gasteiger partial charge in [-0.2, -0.15) is 5.10 Å². The Morgan fingerprint density at radius 1 is 1.15 bits per heavy atom. The maximum absolute atomic E-state index is 5.34. The SMILES string of the molecule is CCNC(=NCc1cnn(-c2ccccc2)c1)NCCc1ccco1.I. The van der Waals surface area contributed by atoms with Crippen LogP contribution in [0.15, 0.2) is 70.5 Å². The molecule has 0 aliphatic rings. The fraction of sp³-hybridized carbons (Fsp3) is 0.263. The quantitative estimate of drug-likeness (QED) is 0.319. The van der Waals surface area contributed by atoms with Crippen LogP contribution < -0.4 is 10.6 Å². The summed E-state index contributed by atoms with van der Waals surface area (Å²) in [5.74, 6) is 1.76. The standard InChI is InChI=1S/C19H23N5O.HI/c1-2-20-19(21-11-10-18-9-6-12-25-18)22-13-16-14-23-24(15-16)17-7-4-3-5-8-17;/h3-9,12,14-15H,2,10-11,13H2,1H3,(H2,20,21,22);1H. The summed E-state index contributed by atoms with van der Waals surface area (Å²) in [4.78, 5) is 4.62. The third-order valence-electron chi connectivity index (χ3n) is 3.66. The summed E-state index contributed by atoms with van der Waals surface area (Å²) in [6, 6.07) is 13.9. The van der Waals surface area contributed by atoms with Gasteiger partial charge in [-0.25, -0.2) is 9.67 Å². The minimum Gasteiger partial charge on any atom is -0.469 e. The zero-order valence-electron chi connectivity index (χ0n) is 14.8. The highest BCUT2D eigenvalue weighted by molar-refractivity contribution is 14.0. The molecule has 26 heavy (non-hydrogen) atoms. The van der Waals surface area contributed by atoms with Crippen LogP contribution in [0, 0.1) is 0 Å². The molecule has 0 atom stereocenters. The maximum atomic E-state index is 5.34. The monoisotopic (exact) mass is 465 g/mol. The number of nitrogens with zero attached hydrogens (tertiary/aromatic N) is 3. The number of aromatic nitrogens is 2. The number of nitrogens with one attached hydrogen (secondary N) is 2. The number of aliphatic imine (C=N–C) groups is 1. The van der Waals surface area contributed by atoms with Gasteiger partial charge < -0.3 is 15.1 Å². The van der Waals surface area contributed by atoms with Crippen LogP contribution in [0.25, 0.3) is 5.69 Å². The van der Waals surface area contributed by atoms with Crippen molar-refractivity contribution < 1.29 is 4.42 Å². The van der Waals surface area contributed by atoms with Crippen molar-refractivity contribution in [2.45, 2.75) is 19.9 Å². The molecule has 0 unspecified atom stereocenters. The zero-order valence-corrected chi connectivity index (χ0v) is 17.1. The van der Waals surface area contributed by atoms with Gasteiger partial charge in [0.15, 0.2) is 5.96 Å². The molecule has 0 spiro atoms. The number of furan rings is 1. The number of guanidine groups is 1. The van der Waals surface area contributed by atoms with Crippen LogP contribution in [-0.4, -0.2) is 28.8 Å². The fourth-order valence-corrected chi connectivity index (χ4v) is 2.43. The molecule has 3 rings (SSSR count). The highest BCUT2D eigenvalue weighted by atomic mass is 127. The van der Waals surface area contributed by atoms with E-state index in [1.807, 2.05) is 59.5 Å². The Bertz CT molecular complexity index is 783. The second kappa shape index (κ2) is 10.6. The molecular weight excluding hydrogens is 441 g/mol. The Morgan fingerprint density at radius 3 is 2.73 bits per heavy atom. The molecule has 2 N–H and O–H groups in total. The molecule has 0 saturated carbocycles. The first kappa shape index (κ1) is 20.0. The normalized spacial score (nSPS) is 11.0. The second-order valence-electron chi connectivity index (χ2n) is 5.58. The molecule has 3 aromatic rings.